The maximum atomic E-state index is 10.8. The Morgan fingerprint density at radius 2 is 2.38 bits per heavy atom. The number of rotatable bonds is 4. The van der Waals surface area contributed by atoms with Gasteiger partial charge >= 0.3 is 0 Å². The number of nitrogens with two attached hydrogens (primary N) is 1. The van der Waals surface area contributed by atoms with Gasteiger partial charge in [-0.1, -0.05) is 0 Å². The number of aromatic nitrogens is 3. The van der Waals surface area contributed by atoms with Gasteiger partial charge in [-0.05, 0) is 12.1 Å². The van der Waals surface area contributed by atoms with Crippen LogP contribution in [0.5, 0.6) is 0 Å². The van der Waals surface area contributed by atoms with Crippen LogP contribution in [0.25, 0.3) is 11.2 Å². The highest BCUT2D eigenvalue weighted by Gasteiger charge is 2.10. The van der Waals surface area contributed by atoms with Crippen molar-refractivity contribution in [3.8, 4) is 0 Å². The predicted octanol–water partition coefficient (Wildman–Crippen LogP) is 1.05. The summed E-state index contributed by atoms with van der Waals surface area (Å²) in [6.07, 6.45) is 1.94. The predicted molar refractivity (Wildman–Crippen MR) is 60.9 cm³/mol. The molecule has 6 heteroatoms. The second-order valence-electron chi connectivity index (χ2n) is 3.38. The molecule has 0 bridgehead atoms. The smallest absolute Gasteiger partial charge is 0.219 e. The third-order valence-corrected chi connectivity index (χ3v) is 2.52. The minimum atomic E-state index is -0.349. The molecule has 2 rings (SSSR count). The lowest BCUT2D eigenvalue weighted by Gasteiger charge is -2.04. The first-order valence-electron chi connectivity index (χ1n) is 4.86. The van der Waals surface area contributed by atoms with E-state index in [0.717, 1.165) is 11.2 Å². The number of primary amides is 1. The first kappa shape index (κ1) is 10.9. The second-order valence-corrected chi connectivity index (χ2v) is 3.64. The number of imidazole rings is 1. The van der Waals surface area contributed by atoms with Crippen LogP contribution in [0.3, 0.4) is 0 Å². The van der Waals surface area contributed by atoms with Gasteiger partial charge in [0.25, 0.3) is 0 Å². The zero-order valence-electron chi connectivity index (χ0n) is 8.56. The number of nitrogens with zero attached hydrogens (tertiary/aromatic N) is 3. The normalized spacial score (nSPS) is 10.8. The topological polar surface area (TPSA) is 73.8 Å². The molecular weight excluding hydrogens is 228 g/mol. The number of halogens is 1. The van der Waals surface area contributed by atoms with Crippen molar-refractivity contribution < 1.29 is 4.79 Å². The molecule has 0 unspecified atom stereocenters. The van der Waals surface area contributed by atoms with Gasteiger partial charge in [0.05, 0.1) is 5.88 Å². The fourth-order valence-corrected chi connectivity index (χ4v) is 1.77. The van der Waals surface area contributed by atoms with Crippen molar-refractivity contribution in [1.29, 1.82) is 0 Å². The molecule has 0 aliphatic carbocycles. The maximum Gasteiger partial charge on any atom is 0.219 e. The van der Waals surface area contributed by atoms with Crippen molar-refractivity contribution in [2.45, 2.75) is 18.8 Å². The molecule has 5 nitrogen and oxygen atoms in total. The van der Waals surface area contributed by atoms with Crippen molar-refractivity contribution in [2.75, 3.05) is 0 Å². The Morgan fingerprint density at radius 1 is 1.56 bits per heavy atom. The molecule has 0 aliphatic rings. The fourth-order valence-electron chi connectivity index (χ4n) is 1.56. The van der Waals surface area contributed by atoms with E-state index in [-0.39, 0.29) is 18.2 Å². The fraction of sp³-hybridized carbons (Fsp3) is 0.300. The summed E-state index contributed by atoms with van der Waals surface area (Å²) in [4.78, 5) is 19.3. The van der Waals surface area contributed by atoms with Gasteiger partial charge in [-0.15, -0.1) is 11.6 Å². The minimum Gasteiger partial charge on any atom is -0.370 e. The van der Waals surface area contributed by atoms with Gasteiger partial charge in [0, 0.05) is 19.2 Å². The van der Waals surface area contributed by atoms with Crippen LogP contribution in [0.15, 0.2) is 18.3 Å². The van der Waals surface area contributed by atoms with Gasteiger partial charge in [-0.25, -0.2) is 9.97 Å². The van der Waals surface area contributed by atoms with E-state index in [0.29, 0.717) is 12.4 Å². The van der Waals surface area contributed by atoms with Gasteiger partial charge in [-0.2, -0.15) is 0 Å². The minimum absolute atomic E-state index is 0.256. The van der Waals surface area contributed by atoms with Crippen LogP contribution in [0.4, 0.5) is 0 Å². The van der Waals surface area contributed by atoms with E-state index in [4.69, 9.17) is 17.3 Å². The van der Waals surface area contributed by atoms with E-state index in [1.165, 1.54) is 0 Å². The Kier molecular flexibility index (Phi) is 3.05. The number of hydrogen-bond donors (Lipinski definition) is 1. The first-order valence-corrected chi connectivity index (χ1v) is 5.40. The Hall–Kier alpha value is -1.62. The Bertz CT molecular complexity index is 523. The summed E-state index contributed by atoms with van der Waals surface area (Å²) < 4.78 is 1.83. The molecule has 2 N–H and O–H groups in total. The standard InChI is InChI=1S/C10H11ClN4O/c11-6-9-14-7-2-1-4-13-10(7)15(9)5-3-8(12)16/h1-2,4H,3,5-6H2,(H2,12,16). The van der Waals surface area contributed by atoms with Crippen LogP contribution >= 0.6 is 11.6 Å². The molecule has 2 heterocycles. The quantitative estimate of drug-likeness (QED) is 0.809. The monoisotopic (exact) mass is 238 g/mol. The van der Waals surface area contributed by atoms with Crippen LogP contribution in [-0.4, -0.2) is 20.4 Å². The van der Waals surface area contributed by atoms with Crippen molar-refractivity contribution >= 4 is 28.7 Å². The molecule has 0 fully saturated rings. The van der Waals surface area contributed by atoms with Gasteiger partial charge in [0.15, 0.2) is 5.65 Å². The number of alkyl halides is 1. The van der Waals surface area contributed by atoms with Crippen LogP contribution < -0.4 is 5.73 Å². The highest BCUT2D eigenvalue weighted by molar-refractivity contribution is 6.16. The summed E-state index contributed by atoms with van der Waals surface area (Å²) in [5.41, 5.74) is 6.63. The molecule has 84 valence electrons. The van der Waals surface area contributed by atoms with Crippen LogP contribution in [0.1, 0.15) is 12.2 Å². The number of amides is 1. The molecule has 0 aliphatic heterocycles. The lowest BCUT2D eigenvalue weighted by Crippen LogP contribution is -2.15. The van der Waals surface area contributed by atoms with Crippen molar-refractivity contribution in [3.05, 3.63) is 24.2 Å². The van der Waals surface area contributed by atoms with Crippen molar-refractivity contribution in [3.63, 3.8) is 0 Å². The number of hydrogen-bond acceptors (Lipinski definition) is 3. The molecular formula is C10H11ClN4O. The van der Waals surface area contributed by atoms with E-state index in [1.54, 1.807) is 6.20 Å². The third kappa shape index (κ3) is 1.99. The van der Waals surface area contributed by atoms with E-state index in [9.17, 15) is 4.79 Å². The molecule has 0 aromatic carbocycles. The summed E-state index contributed by atoms with van der Waals surface area (Å²) >= 11 is 5.79. The van der Waals surface area contributed by atoms with Crippen LogP contribution in [0, 0.1) is 0 Å². The third-order valence-electron chi connectivity index (χ3n) is 2.28. The molecule has 1 amide bonds. The molecule has 0 spiro atoms. The average Bonchev–Trinajstić information content (AvgIpc) is 2.64. The number of carbonyl (C=O) groups excluding carboxylic acids is 1. The Labute approximate surface area is 97.2 Å². The molecule has 2 aromatic rings. The SMILES string of the molecule is NC(=O)CCn1c(CCl)nc2cccnc21. The molecule has 0 radical (unpaired) electrons. The van der Waals surface area contributed by atoms with E-state index >= 15 is 0 Å². The van der Waals surface area contributed by atoms with Gasteiger partial charge in [0.2, 0.25) is 5.91 Å². The van der Waals surface area contributed by atoms with Crippen LogP contribution in [0.2, 0.25) is 0 Å². The van der Waals surface area contributed by atoms with Crippen molar-refractivity contribution in [2.24, 2.45) is 5.73 Å². The Balaban J connectivity index is 2.43. The highest BCUT2D eigenvalue weighted by Crippen LogP contribution is 2.15. The molecule has 0 saturated heterocycles. The summed E-state index contributed by atoms with van der Waals surface area (Å²) in [5.74, 6) is 0.643. The summed E-state index contributed by atoms with van der Waals surface area (Å²) in [7, 11) is 0. The van der Waals surface area contributed by atoms with Gasteiger partial charge < -0.3 is 10.3 Å². The molecule has 0 atom stereocenters. The molecule has 2 aromatic heterocycles. The summed E-state index contributed by atoms with van der Waals surface area (Å²) in [6.45, 7) is 0.463. The number of pyridine rings is 1. The van der Waals surface area contributed by atoms with E-state index < -0.39 is 0 Å². The molecule has 16 heavy (non-hydrogen) atoms. The van der Waals surface area contributed by atoms with Crippen LogP contribution in [-0.2, 0) is 17.2 Å². The van der Waals surface area contributed by atoms with Gasteiger partial charge in [-0.3, -0.25) is 4.79 Å². The molecule has 0 saturated carbocycles. The maximum absolute atomic E-state index is 10.8. The zero-order valence-corrected chi connectivity index (χ0v) is 9.31. The Morgan fingerprint density at radius 3 is 3.06 bits per heavy atom. The second kappa shape index (κ2) is 4.49. The number of fused-ring (bicyclic) bond motifs is 1. The average molecular weight is 239 g/mol. The summed E-state index contributed by atoms with van der Waals surface area (Å²) in [6, 6.07) is 3.67. The lowest BCUT2D eigenvalue weighted by atomic mass is 10.4. The number of carbonyl (C=O) groups is 1. The highest BCUT2D eigenvalue weighted by atomic mass is 35.5. The van der Waals surface area contributed by atoms with Gasteiger partial charge in [0.1, 0.15) is 11.3 Å². The van der Waals surface area contributed by atoms with Crippen molar-refractivity contribution in [1.82, 2.24) is 14.5 Å². The number of aryl methyl sites for hydroxylation is 1. The van der Waals surface area contributed by atoms with E-state index in [2.05, 4.69) is 9.97 Å². The summed E-state index contributed by atoms with van der Waals surface area (Å²) in [5, 5.41) is 0. The largest absolute Gasteiger partial charge is 0.370 e. The lowest BCUT2D eigenvalue weighted by molar-refractivity contribution is -0.118. The van der Waals surface area contributed by atoms with E-state index in [1.807, 2.05) is 16.7 Å². The zero-order chi connectivity index (χ0) is 11.5. The first-order chi connectivity index (χ1) is 7.72.